The number of halogens is 4. The van der Waals surface area contributed by atoms with Crippen molar-refractivity contribution in [3.05, 3.63) is 94.5 Å². The maximum absolute atomic E-state index is 13.1. The van der Waals surface area contributed by atoms with Crippen LogP contribution in [0.3, 0.4) is 0 Å². The number of para-hydroxylation sites is 1. The Kier molecular flexibility index (Phi) is 12.9. The predicted octanol–water partition coefficient (Wildman–Crippen LogP) is 4.41. The zero-order chi connectivity index (χ0) is 39.6. The molecule has 55 heavy (non-hydrogen) atoms. The highest BCUT2D eigenvalue weighted by atomic mass is 35.5. The molecule has 3 amide bonds. The number of amides is 3. The summed E-state index contributed by atoms with van der Waals surface area (Å²) >= 11 is 6.03. The van der Waals surface area contributed by atoms with E-state index in [9.17, 15) is 32.3 Å². The van der Waals surface area contributed by atoms with Gasteiger partial charge in [0.25, 0.3) is 5.91 Å². The highest BCUT2D eigenvalue weighted by molar-refractivity contribution is 6.35. The van der Waals surface area contributed by atoms with Gasteiger partial charge in [0.05, 0.1) is 19.8 Å². The number of rotatable bonds is 16. The van der Waals surface area contributed by atoms with Crippen LogP contribution in [0.15, 0.2) is 72.8 Å². The average Bonchev–Trinajstić information content (AvgIpc) is 3.95. The number of carbonyl (C=O) groups excluding carboxylic acids is 4. The summed E-state index contributed by atoms with van der Waals surface area (Å²) in [6.07, 6.45) is -3.32. The molecule has 0 radical (unpaired) electrons. The topological polar surface area (TPSA) is 195 Å². The molecule has 1 aromatic heterocycles. The minimum atomic E-state index is -4.64. The smallest absolute Gasteiger partial charge is 0.422 e. The zero-order valence-electron chi connectivity index (χ0n) is 29.5. The third-order valence-electron chi connectivity index (χ3n) is 8.23. The van der Waals surface area contributed by atoms with Gasteiger partial charge in [0.2, 0.25) is 11.9 Å². The van der Waals surface area contributed by atoms with Crippen LogP contribution in [-0.2, 0) is 31.2 Å². The molecule has 19 heteroatoms. The summed E-state index contributed by atoms with van der Waals surface area (Å²) in [6.45, 7) is -1.73. The van der Waals surface area contributed by atoms with Crippen molar-refractivity contribution in [3.8, 4) is 11.8 Å². The molecule has 1 heterocycles. The minimum Gasteiger partial charge on any atom is -0.496 e. The molecule has 290 valence electrons. The van der Waals surface area contributed by atoms with Crippen molar-refractivity contribution in [3.63, 3.8) is 0 Å². The molecule has 0 unspecified atom stereocenters. The minimum absolute atomic E-state index is 0.0309. The first-order valence-corrected chi connectivity index (χ1v) is 17.1. The molecule has 1 fully saturated rings. The van der Waals surface area contributed by atoms with Crippen LogP contribution >= 0.6 is 11.6 Å². The second kappa shape index (κ2) is 17.8. The highest BCUT2D eigenvalue weighted by Crippen LogP contribution is 2.48. The van der Waals surface area contributed by atoms with E-state index in [4.69, 9.17) is 25.8 Å². The fourth-order valence-corrected chi connectivity index (χ4v) is 5.38. The zero-order valence-corrected chi connectivity index (χ0v) is 30.2. The van der Waals surface area contributed by atoms with Crippen molar-refractivity contribution < 1.29 is 46.6 Å². The Morgan fingerprint density at radius 1 is 0.873 bits per heavy atom. The van der Waals surface area contributed by atoms with E-state index in [1.165, 1.54) is 31.4 Å². The van der Waals surface area contributed by atoms with E-state index in [1.54, 1.807) is 36.4 Å². The number of anilines is 3. The second-order valence-electron chi connectivity index (χ2n) is 12.2. The number of esters is 1. The number of benzene rings is 3. The molecule has 4 aromatic rings. The van der Waals surface area contributed by atoms with Crippen LogP contribution in [0.4, 0.5) is 30.8 Å². The van der Waals surface area contributed by atoms with E-state index in [0.717, 1.165) is 12.7 Å². The van der Waals surface area contributed by atoms with E-state index < -0.39 is 54.1 Å². The summed E-state index contributed by atoms with van der Waals surface area (Å²) in [6, 6.07) is 18.1. The maximum Gasteiger partial charge on any atom is 0.422 e. The van der Waals surface area contributed by atoms with Crippen molar-refractivity contribution in [1.82, 2.24) is 30.9 Å². The number of hydrogen-bond acceptors (Lipinski definition) is 12. The molecular formula is C36H36ClF3N8O7. The van der Waals surface area contributed by atoms with Gasteiger partial charge in [-0.05, 0) is 67.3 Å². The average molecular weight is 785 g/mol. The first-order chi connectivity index (χ1) is 26.3. The predicted molar refractivity (Wildman–Crippen MR) is 193 cm³/mol. The van der Waals surface area contributed by atoms with E-state index in [-0.39, 0.29) is 37.0 Å². The first kappa shape index (κ1) is 40.0. The molecular weight excluding hydrogens is 749 g/mol. The monoisotopic (exact) mass is 784 g/mol. The van der Waals surface area contributed by atoms with Crippen LogP contribution in [0.1, 0.15) is 40.7 Å². The largest absolute Gasteiger partial charge is 0.496 e. The lowest BCUT2D eigenvalue weighted by atomic mass is 10.1. The van der Waals surface area contributed by atoms with Crippen molar-refractivity contribution in [2.24, 2.45) is 0 Å². The molecule has 1 saturated carbocycles. The van der Waals surface area contributed by atoms with Gasteiger partial charge in [0.15, 0.2) is 6.61 Å². The number of nitrogens with one attached hydrogen (secondary N) is 5. The molecule has 1 aliphatic rings. The van der Waals surface area contributed by atoms with Crippen LogP contribution in [0, 0.1) is 0 Å². The van der Waals surface area contributed by atoms with Crippen molar-refractivity contribution in [2.75, 3.05) is 38.0 Å². The van der Waals surface area contributed by atoms with Gasteiger partial charge >= 0.3 is 30.0 Å². The SMILES string of the molecule is COC(=O)[C@H](CCNC(=O)C(=O)NCc1ccccc1OC)NC(=O)c1ccc(Nc2nc(NC3(c4ccc(Cl)cc4)CC3)nc(OCC(F)(F)F)n2)cc1. The summed E-state index contributed by atoms with van der Waals surface area (Å²) in [4.78, 5) is 62.5. The molecule has 0 saturated heterocycles. The maximum atomic E-state index is 13.1. The number of methoxy groups -OCH3 is 2. The van der Waals surface area contributed by atoms with Crippen LogP contribution in [0.2, 0.25) is 5.02 Å². The van der Waals surface area contributed by atoms with Crippen LogP contribution < -0.4 is 36.1 Å². The number of alkyl halides is 3. The Bertz CT molecular complexity index is 2000. The summed E-state index contributed by atoms with van der Waals surface area (Å²) in [7, 11) is 2.62. The van der Waals surface area contributed by atoms with Gasteiger partial charge in [-0.1, -0.05) is 41.9 Å². The van der Waals surface area contributed by atoms with Crippen molar-refractivity contribution in [1.29, 1.82) is 0 Å². The molecule has 3 aromatic carbocycles. The lowest BCUT2D eigenvalue weighted by Gasteiger charge is -2.19. The Hall–Kier alpha value is -6.17. The van der Waals surface area contributed by atoms with E-state index in [2.05, 4.69) is 41.5 Å². The number of carbonyl (C=O) groups is 4. The van der Waals surface area contributed by atoms with E-state index in [1.807, 2.05) is 12.1 Å². The van der Waals surface area contributed by atoms with Gasteiger partial charge in [-0.25, -0.2) is 4.79 Å². The van der Waals surface area contributed by atoms with Gasteiger partial charge in [-0.3, -0.25) is 14.4 Å². The van der Waals surface area contributed by atoms with Gasteiger partial charge in [-0.15, -0.1) is 0 Å². The third-order valence-corrected chi connectivity index (χ3v) is 8.48. The van der Waals surface area contributed by atoms with E-state index >= 15 is 0 Å². The molecule has 5 rings (SSSR count). The Labute approximate surface area is 317 Å². The number of ether oxygens (including phenoxy) is 3. The van der Waals surface area contributed by atoms with Crippen molar-refractivity contribution in [2.45, 2.75) is 43.6 Å². The van der Waals surface area contributed by atoms with Gasteiger partial charge in [0, 0.05) is 34.9 Å². The summed E-state index contributed by atoms with van der Waals surface area (Å²) in [5.41, 5.74) is 1.48. The molecule has 1 atom stereocenters. The quantitative estimate of drug-likeness (QED) is 0.0795. The van der Waals surface area contributed by atoms with Crippen molar-refractivity contribution >= 4 is 52.9 Å². The molecule has 0 aliphatic heterocycles. The van der Waals surface area contributed by atoms with Gasteiger partial charge in [-0.2, -0.15) is 28.1 Å². The fraction of sp³-hybridized carbons (Fsp3) is 0.306. The molecule has 5 N–H and O–H groups in total. The highest BCUT2D eigenvalue weighted by Gasteiger charge is 2.45. The standard InChI is InChI=1S/C36H36ClF3N8O7/c1-53-27-6-4-3-5-22(27)19-42-30(51)29(50)41-18-15-26(31(52)54-2)44-28(49)21-7-13-25(14-8-21)43-32-45-33(47-34(46-32)55-20-36(38,39)40)48-35(16-17-35)23-9-11-24(37)12-10-23/h3-14,26H,15-20H2,1-2H3,(H,41,50)(H,42,51)(H,44,49)(H2,43,45,46,47,48)/t26-/m0/s1. The van der Waals surface area contributed by atoms with Gasteiger partial charge < -0.3 is 40.8 Å². The lowest BCUT2D eigenvalue weighted by Crippen LogP contribution is -2.45. The third kappa shape index (κ3) is 11.4. The van der Waals surface area contributed by atoms with Crippen LogP contribution in [0.25, 0.3) is 0 Å². The van der Waals surface area contributed by atoms with Crippen LogP contribution in [-0.4, -0.2) is 78.2 Å². The summed E-state index contributed by atoms with van der Waals surface area (Å²) < 4.78 is 53.7. The Morgan fingerprint density at radius 2 is 1.55 bits per heavy atom. The Balaban J connectivity index is 1.19. The van der Waals surface area contributed by atoms with Crippen LogP contribution in [0.5, 0.6) is 11.8 Å². The number of hydrogen-bond donors (Lipinski definition) is 5. The van der Waals surface area contributed by atoms with Gasteiger partial charge in [0.1, 0.15) is 11.8 Å². The Morgan fingerprint density at radius 3 is 2.20 bits per heavy atom. The normalized spacial score (nSPS) is 13.4. The first-order valence-electron chi connectivity index (χ1n) is 16.7. The number of nitrogens with zero attached hydrogens (tertiary/aromatic N) is 3. The molecule has 15 nitrogen and oxygen atoms in total. The fourth-order valence-electron chi connectivity index (χ4n) is 5.25. The second-order valence-corrected chi connectivity index (χ2v) is 12.6. The molecule has 0 spiro atoms. The molecule has 0 bridgehead atoms. The summed E-state index contributed by atoms with van der Waals surface area (Å²) in [5.74, 6) is -2.92. The lowest BCUT2D eigenvalue weighted by molar-refractivity contribution is -0.154. The summed E-state index contributed by atoms with van der Waals surface area (Å²) in [5, 5.41) is 14.1. The molecule has 1 aliphatic carbocycles. The van der Waals surface area contributed by atoms with E-state index in [0.29, 0.717) is 34.9 Å². The number of aromatic nitrogens is 3.